The van der Waals surface area contributed by atoms with Gasteiger partial charge in [-0.15, -0.1) is 0 Å². The maximum Gasteiger partial charge on any atom is 0.251 e. The smallest absolute Gasteiger partial charge is 0.251 e. The van der Waals surface area contributed by atoms with Crippen molar-refractivity contribution in [1.29, 1.82) is 0 Å². The molecule has 0 atom stereocenters. The van der Waals surface area contributed by atoms with Crippen molar-refractivity contribution in [3.8, 4) is 0 Å². The van der Waals surface area contributed by atoms with Gasteiger partial charge >= 0.3 is 0 Å². The maximum atomic E-state index is 11.8. The summed E-state index contributed by atoms with van der Waals surface area (Å²) in [5, 5.41) is 3.37. The monoisotopic (exact) mass is 333 g/mol. The van der Waals surface area contributed by atoms with E-state index in [9.17, 15) is 4.79 Å². The molecule has 0 fully saturated rings. The van der Waals surface area contributed by atoms with Crippen LogP contribution in [-0.2, 0) is 4.74 Å². The van der Waals surface area contributed by atoms with Crippen molar-refractivity contribution >= 4 is 33.4 Å². The molecule has 0 spiro atoms. The lowest BCUT2D eigenvalue weighted by molar-refractivity contribution is 0.0757. The van der Waals surface area contributed by atoms with Crippen LogP contribution in [0.2, 0.25) is 5.02 Å². The first-order valence-corrected chi connectivity index (χ1v) is 7.02. The Morgan fingerprint density at radius 2 is 2.17 bits per heavy atom. The molecule has 0 aliphatic rings. The predicted molar refractivity (Wildman–Crippen MR) is 77.2 cm³/mol. The minimum Gasteiger partial charge on any atom is -0.379 e. The van der Waals surface area contributed by atoms with Gasteiger partial charge < -0.3 is 10.1 Å². The molecule has 1 amide bonds. The van der Waals surface area contributed by atoms with E-state index in [1.807, 2.05) is 13.8 Å². The molecule has 1 aromatic rings. The fourth-order valence-electron chi connectivity index (χ4n) is 1.38. The number of hydrogen-bond donors (Lipinski definition) is 1. The van der Waals surface area contributed by atoms with Crippen molar-refractivity contribution in [3.05, 3.63) is 33.3 Å². The Hall–Kier alpha value is -0.580. The van der Waals surface area contributed by atoms with Crippen molar-refractivity contribution in [2.45, 2.75) is 26.4 Å². The highest BCUT2D eigenvalue weighted by Gasteiger charge is 2.06. The summed E-state index contributed by atoms with van der Waals surface area (Å²) in [5.74, 6) is -0.122. The summed E-state index contributed by atoms with van der Waals surface area (Å²) in [6.45, 7) is 5.22. The van der Waals surface area contributed by atoms with Crippen LogP contribution in [0, 0.1) is 0 Å². The van der Waals surface area contributed by atoms with Crippen molar-refractivity contribution in [1.82, 2.24) is 5.32 Å². The van der Waals surface area contributed by atoms with E-state index in [0.29, 0.717) is 23.7 Å². The van der Waals surface area contributed by atoms with Gasteiger partial charge in [-0.2, -0.15) is 0 Å². The topological polar surface area (TPSA) is 38.3 Å². The molecule has 0 aliphatic heterocycles. The highest BCUT2D eigenvalue weighted by Crippen LogP contribution is 2.19. The van der Waals surface area contributed by atoms with E-state index in [0.717, 1.165) is 10.9 Å². The number of halogens is 2. The minimum atomic E-state index is -0.122. The van der Waals surface area contributed by atoms with Crippen molar-refractivity contribution in [3.63, 3.8) is 0 Å². The number of amides is 1. The maximum absolute atomic E-state index is 11.8. The third kappa shape index (κ3) is 5.85. The minimum absolute atomic E-state index is 0.122. The van der Waals surface area contributed by atoms with Crippen LogP contribution in [0.4, 0.5) is 0 Å². The van der Waals surface area contributed by atoms with Crippen molar-refractivity contribution in [2.75, 3.05) is 13.2 Å². The molecule has 0 radical (unpaired) electrons. The molecule has 0 aromatic heterocycles. The molecule has 0 bridgehead atoms. The molecule has 0 saturated heterocycles. The van der Waals surface area contributed by atoms with Crippen LogP contribution < -0.4 is 5.32 Å². The second-order valence-corrected chi connectivity index (χ2v) is 5.54. The molecular formula is C13H17BrClNO2. The van der Waals surface area contributed by atoms with E-state index in [1.54, 1.807) is 18.2 Å². The summed E-state index contributed by atoms with van der Waals surface area (Å²) in [6.07, 6.45) is 1.02. The summed E-state index contributed by atoms with van der Waals surface area (Å²) >= 11 is 9.19. The Bertz CT molecular complexity index is 390. The van der Waals surface area contributed by atoms with Gasteiger partial charge in [-0.1, -0.05) is 27.5 Å². The first-order chi connectivity index (χ1) is 8.49. The number of nitrogens with one attached hydrogen (secondary N) is 1. The zero-order valence-electron chi connectivity index (χ0n) is 10.5. The molecule has 5 heteroatoms. The average molecular weight is 335 g/mol. The number of carbonyl (C=O) groups excluding carboxylic acids is 1. The molecule has 3 nitrogen and oxygen atoms in total. The van der Waals surface area contributed by atoms with E-state index in [1.165, 1.54) is 0 Å². The first-order valence-electron chi connectivity index (χ1n) is 5.85. The van der Waals surface area contributed by atoms with Crippen LogP contribution in [-0.4, -0.2) is 25.2 Å². The molecule has 1 N–H and O–H groups in total. The van der Waals surface area contributed by atoms with Gasteiger partial charge in [0.2, 0.25) is 0 Å². The first kappa shape index (κ1) is 15.5. The summed E-state index contributed by atoms with van der Waals surface area (Å²) in [5.41, 5.74) is 0.555. The second kappa shape index (κ2) is 7.77. The van der Waals surface area contributed by atoms with Gasteiger partial charge in [0.1, 0.15) is 0 Å². The van der Waals surface area contributed by atoms with Crippen LogP contribution >= 0.6 is 27.5 Å². The van der Waals surface area contributed by atoms with Crippen LogP contribution in [0.1, 0.15) is 30.6 Å². The van der Waals surface area contributed by atoms with Gasteiger partial charge in [0.05, 0.1) is 6.10 Å². The van der Waals surface area contributed by atoms with E-state index >= 15 is 0 Å². The van der Waals surface area contributed by atoms with Gasteiger partial charge in [0, 0.05) is 28.2 Å². The molecule has 0 aliphatic carbocycles. The number of benzene rings is 1. The second-order valence-electron chi connectivity index (χ2n) is 4.19. The van der Waals surface area contributed by atoms with Gasteiger partial charge in [-0.25, -0.2) is 0 Å². The van der Waals surface area contributed by atoms with E-state index in [2.05, 4.69) is 21.2 Å². The normalized spacial score (nSPS) is 10.7. The Morgan fingerprint density at radius 3 is 2.78 bits per heavy atom. The lowest BCUT2D eigenvalue weighted by Gasteiger charge is -2.08. The van der Waals surface area contributed by atoms with Crippen molar-refractivity contribution < 1.29 is 9.53 Å². The summed E-state index contributed by atoms with van der Waals surface area (Å²) in [7, 11) is 0. The molecule has 0 unspecified atom stereocenters. The molecular weight excluding hydrogens is 318 g/mol. The summed E-state index contributed by atoms with van der Waals surface area (Å²) in [6, 6.07) is 5.13. The fourth-order valence-corrected chi connectivity index (χ4v) is 2.24. The van der Waals surface area contributed by atoms with Crippen LogP contribution in [0.3, 0.4) is 0 Å². The van der Waals surface area contributed by atoms with Gasteiger partial charge in [-0.3, -0.25) is 4.79 Å². The summed E-state index contributed by atoms with van der Waals surface area (Å²) < 4.78 is 6.18. The average Bonchev–Trinajstić information content (AvgIpc) is 2.26. The Kier molecular flexibility index (Phi) is 6.68. The largest absolute Gasteiger partial charge is 0.379 e. The number of ether oxygens (including phenoxy) is 1. The highest BCUT2D eigenvalue weighted by atomic mass is 79.9. The zero-order valence-corrected chi connectivity index (χ0v) is 12.8. The summed E-state index contributed by atoms with van der Waals surface area (Å²) in [4.78, 5) is 11.8. The SMILES string of the molecule is CC(C)OCCCNC(=O)c1cc(Cl)cc(Br)c1. The predicted octanol–water partition coefficient (Wildman–Crippen LogP) is 3.65. The van der Waals surface area contributed by atoms with Crippen LogP contribution in [0.15, 0.2) is 22.7 Å². The molecule has 100 valence electrons. The molecule has 1 aromatic carbocycles. The van der Waals surface area contributed by atoms with Gasteiger partial charge in [0.25, 0.3) is 5.91 Å². The highest BCUT2D eigenvalue weighted by molar-refractivity contribution is 9.10. The Balaban J connectivity index is 2.36. The third-order valence-corrected chi connectivity index (χ3v) is 2.86. The number of hydrogen-bond acceptors (Lipinski definition) is 2. The quantitative estimate of drug-likeness (QED) is 0.807. The van der Waals surface area contributed by atoms with E-state index in [-0.39, 0.29) is 12.0 Å². The molecule has 0 heterocycles. The number of rotatable bonds is 6. The molecule has 0 saturated carbocycles. The Labute approximate surface area is 121 Å². The van der Waals surface area contributed by atoms with Gasteiger partial charge in [-0.05, 0) is 38.5 Å². The molecule has 1 rings (SSSR count). The molecule has 18 heavy (non-hydrogen) atoms. The lowest BCUT2D eigenvalue weighted by Crippen LogP contribution is -2.25. The standard InChI is InChI=1S/C13H17BrClNO2/c1-9(2)18-5-3-4-16-13(17)10-6-11(14)8-12(15)7-10/h6-9H,3-5H2,1-2H3,(H,16,17). The number of carbonyl (C=O) groups is 1. The zero-order chi connectivity index (χ0) is 13.5. The lowest BCUT2D eigenvalue weighted by atomic mass is 10.2. The van der Waals surface area contributed by atoms with Crippen LogP contribution in [0.25, 0.3) is 0 Å². The van der Waals surface area contributed by atoms with Gasteiger partial charge in [0.15, 0.2) is 0 Å². The van der Waals surface area contributed by atoms with E-state index in [4.69, 9.17) is 16.3 Å². The van der Waals surface area contributed by atoms with Crippen LogP contribution in [0.5, 0.6) is 0 Å². The fraction of sp³-hybridized carbons (Fsp3) is 0.462. The van der Waals surface area contributed by atoms with E-state index < -0.39 is 0 Å². The third-order valence-electron chi connectivity index (χ3n) is 2.18. The Morgan fingerprint density at radius 1 is 1.44 bits per heavy atom. The van der Waals surface area contributed by atoms with Crippen molar-refractivity contribution in [2.24, 2.45) is 0 Å².